The molecule has 0 saturated carbocycles. The van der Waals surface area contributed by atoms with Crippen LogP contribution in [0.2, 0.25) is 0 Å². The number of fused-ring (bicyclic) bond motifs is 1. The Morgan fingerprint density at radius 2 is 1.63 bits per heavy atom. The number of aromatic nitrogens is 1. The summed E-state index contributed by atoms with van der Waals surface area (Å²) in [5.74, 6) is 0.736. The summed E-state index contributed by atoms with van der Waals surface area (Å²) in [6.07, 6.45) is 6.80. The lowest BCUT2D eigenvalue weighted by Gasteiger charge is -2.40. The second kappa shape index (κ2) is 8.50. The van der Waals surface area contributed by atoms with E-state index in [9.17, 15) is 4.79 Å². The van der Waals surface area contributed by atoms with E-state index >= 15 is 0 Å². The van der Waals surface area contributed by atoms with Crippen molar-refractivity contribution in [3.05, 3.63) is 60.2 Å². The highest BCUT2D eigenvalue weighted by Gasteiger charge is 2.35. The van der Waals surface area contributed by atoms with Crippen molar-refractivity contribution < 1.29 is 9.21 Å². The largest absolute Gasteiger partial charge is 0.423 e. The smallest absolute Gasteiger partial charge is 0.298 e. The van der Waals surface area contributed by atoms with Crippen LogP contribution in [0.4, 0.5) is 6.01 Å². The van der Waals surface area contributed by atoms with Crippen molar-refractivity contribution in [3.8, 4) is 0 Å². The molecule has 5 rings (SSSR count). The Morgan fingerprint density at radius 3 is 2.43 bits per heavy atom. The second-order valence-electron chi connectivity index (χ2n) is 8.57. The standard InChI is InChI=1S/C25H29N3O2/c29-24(20-9-3-1-4-10-20)28-16-8-2-5-12-22(28)19-14-17-27(18-15-19)25-26-21-11-6-7-13-23(21)30-25/h1,3-4,6-7,9-11,13,19,22H,2,5,8,12,14-18H2/t22-/m1/s1. The van der Waals surface area contributed by atoms with E-state index in [0.29, 0.717) is 12.0 Å². The Morgan fingerprint density at radius 1 is 0.867 bits per heavy atom. The average Bonchev–Trinajstić information content (AvgIpc) is 3.09. The Labute approximate surface area is 177 Å². The summed E-state index contributed by atoms with van der Waals surface area (Å²) in [5, 5.41) is 0. The number of rotatable bonds is 3. The van der Waals surface area contributed by atoms with Crippen LogP contribution in [-0.4, -0.2) is 41.5 Å². The molecular formula is C25H29N3O2. The fraction of sp³-hybridized carbons (Fsp3) is 0.440. The number of piperidine rings is 1. The summed E-state index contributed by atoms with van der Waals surface area (Å²) < 4.78 is 5.98. The topological polar surface area (TPSA) is 49.6 Å². The summed E-state index contributed by atoms with van der Waals surface area (Å²) in [7, 11) is 0. The van der Waals surface area contributed by atoms with Crippen LogP contribution in [0.1, 0.15) is 48.9 Å². The van der Waals surface area contributed by atoms with Crippen molar-refractivity contribution in [2.45, 2.75) is 44.6 Å². The Hall–Kier alpha value is -2.82. The molecule has 2 fully saturated rings. The molecule has 0 N–H and O–H groups in total. The van der Waals surface area contributed by atoms with Crippen molar-refractivity contribution in [3.63, 3.8) is 0 Å². The lowest BCUT2D eigenvalue weighted by atomic mass is 9.86. The SMILES string of the molecule is O=C(c1ccccc1)N1CCCCC[C@@H]1C1CCN(c2nc3ccccc3o2)CC1. The highest BCUT2D eigenvalue weighted by atomic mass is 16.4. The predicted molar refractivity (Wildman–Crippen MR) is 119 cm³/mol. The normalized spacial score (nSPS) is 21.0. The molecule has 2 aromatic carbocycles. The number of carbonyl (C=O) groups is 1. The van der Waals surface area contributed by atoms with Gasteiger partial charge < -0.3 is 14.2 Å². The van der Waals surface area contributed by atoms with E-state index in [0.717, 1.165) is 68.0 Å². The number of likely N-dealkylation sites (tertiary alicyclic amines) is 1. The van der Waals surface area contributed by atoms with Gasteiger partial charge in [0.15, 0.2) is 5.58 Å². The summed E-state index contributed by atoms with van der Waals surface area (Å²) >= 11 is 0. The Balaban J connectivity index is 1.30. The highest BCUT2D eigenvalue weighted by molar-refractivity contribution is 5.94. The number of amides is 1. The van der Waals surface area contributed by atoms with E-state index in [1.165, 1.54) is 12.8 Å². The molecule has 2 saturated heterocycles. The lowest BCUT2D eigenvalue weighted by Crippen LogP contribution is -2.48. The van der Waals surface area contributed by atoms with Crippen LogP contribution >= 0.6 is 0 Å². The van der Waals surface area contributed by atoms with E-state index < -0.39 is 0 Å². The second-order valence-corrected chi connectivity index (χ2v) is 8.57. The van der Waals surface area contributed by atoms with Crippen LogP contribution in [0, 0.1) is 5.92 Å². The van der Waals surface area contributed by atoms with E-state index in [1.807, 2.05) is 54.6 Å². The number of benzene rings is 2. The number of carbonyl (C=O) groups excluding carboxylic acids is 1. The zero-order valence-electron chi connectivity index (χ0n) is 17.4. The third-order valence-corrected chi connectivity index (χ3v) is 6.72. The van der Waals surface area contributed by atoms with Gasteiger partial charge in [-0.3, -0.25) is 4.79 Å². The summed E-state index contributed by atoms with van der Waals surface area (Å²) in [6, 6.07) is 18.8. The van der Waals surface area contributed by atoms with Gasteiger partial charge in [-0.1, -0.05) is 43.2 Å². The first-order valence-corrected chi connectivity index (χ1v) is 11.3. The minimum atomic E-state index is 0.198. The molecule has 0 unspecified atom stereocenters. The first-order chi connectivity index (χ1) is 14.8. The summed E-state index contributed by atoms with van der Waals surface area (Å²) in [5.41, 5.74) is 2.57. The van der Waals surface area contributed by atoms with Gasteiger partial charge in [-0.25, -0.2) is 0 Å². The molecule has 30 heavy (non-hydrogen) atoms. The molecule has 1 atom stereocenters. The number of para-hydroxylation sites is 2. The van der Waals surface area contributed by atoms with Gasteiger partial charge in [0, 0.05) is 31.2 Å². The van der Waals surface area contributed by atoms with Crippen LogP contribution in [0.15, 0.2) is 59.0 Å². The third-order valence-electron chi connectivity index (χ3n) is 6.72. The van der Waals surface area contributed by atoms with Crippen LogP contribution < -0.4 is 4.90 Å². The number of hydrogen-bond donors (Lipinski definition) is 0. The maximum Gasteiger partial charge on any atom is 0.298 e. The van der Waals surface area contributed by atoms with Crippen molar-refractivity contribution in [2.24, 2.45) is 5.92 Å². The van der Waals surface area contributed by atoms with Crippen molar-refractivity contribution in [2.75, 3.05) is 24.5 Å². The number of hydrogen-bond acceptors (Lipinski definition) is 4. The fourth-order valence-corrected chi connectivity index (χ4v) is 5.09. The zero-order valence-corrected chi connectivity index (χ0v) is 17.4. The third kappa shape index (κ3) is 3.81. The van der Waals surface area contributed by atoms with Crippen molar-refractivity contribution in [1.82, 2.24) is 9.88 Å². The molecule has 0 bridgehead atoms. The minimum absolute atomic E-state index is 0.198. The van der Waals surface area contributed by atoms with Gasteiger partial charge in [-0.2, -0.15) is 4.98 Å². The Kier molecular flexibility index (Phi) is 5.43. The number of oxazole rings is 1. The van der Waals surface area contributed by atoms with Crippen LogP contribution in [-0.2, 0) is 0 Å². The first-order valence-electron chi connectivity index (χ1n) is 11.3. The average molecular weight is 404 g/mol. The van der Waals surface area contributed by atoms with Crippen molar-refractivity contribution in [1.29, 1.82) is 0 Å². The van der Waals surface area contributed by atoms with Gasteiger partial charge in [0.1, 0.15) is 5.52 Å². The molecule has 2 aliphatic rings. The highest BCUT2D eigenvalue weighted by Crippen LogP contribution is 2.33. The quantitative estimate of drug-likeness (QED) is 0.608. The van der Waals surface area contributed by atoms with E-state index in [-0.39, 0.29) is 5.91 Å². The molecular weight excluding hydrogens is 374 g/mol. The van der Waals surface area contributed by atoms with Gasteiger partial charge in [0.2, 0.25) is 0 Å². The van der Waals surface area contributed by atoms with Gasteiger partial charge >= 0.3 is 0 Å². The maximum atomic E-state index is 13.3. The monoisotopic (exact) mass is 403 g/mol. The number of anilines is 1. The maximum absolute atomic E-state index is 13.3. The molecule has 1 amide bonds. The molecule has 0 spiro atoms. The molecule has 5 nitrogen and oxygen atoms in total. The van der Waals surface area contributed by atoms with E-state index in [2.05, 4.69) is 14.8 Å². The van der Waals surface area contributed by atoms with Gasteiger partial charge in [0.05, 0.1) is 0 Å². The minimum Gasteiger partial charge on any atom is -0.423 e. The van der Waals surface area contributed by atoms with Gasteiger partial charge in [0.25, 0.3) is 11.9 Å². The van der Waals surface area contributed by atoms with Crippen LogP contribution in [0.25, 0.3) is 11.1 Å². The van der Waals surface area contributed by atoms with Gasteiger partial charge in [-0.05, 0) is 55.9 Å². The fourth-order valence-electron chi connectivity index (χ4n) is 5.09. The molecule has 156 valence electrons. The zero-order chi connectivity index (χ0) is 20.3. The summed E-state index contributed by atoms with van der Waals surface area (Å²) in [6.45, 7) is 2.74. The molecule has 0 aliphatic carbocycles. The lowest BCUT2D eigenvalue weighted by molar-refractivity contribution is 0.0587. The van der Waals surface area contributed by atoms with Gasteiger partial charge in [-0.15, -0.1) is 0 Å². The Bertz CT molecular complexity index is 959. The molecule has 0 radical (unpaired) electrons. The van der Waals surface area contributed by atoms with Crippen LogP contribution in [0.5, 0.6) is 0 Å². The first kappa shape index (κ1) is 19.2. The molecule has 3 heterocycles. The molecule has 3 aromatic rings. The number of nitrogens with zero attached hydrogens (tertiary/aromatic N) is 3. The van der Waals surface area contributed by atoms with E-state index in [4.69, 9.17) is 4.42 Å². The van der Waals surface area contributed by atoms with Crippen LogP contribution in [0.3, 0.4) is 0 Å². The predicted octanol–water partition coefficient (Wildman–Crippen LogP) is 5.13. The molecule has 2 aliphatic heterocycles. The van der Waals surface area contributed by atoms with Crippen molar-refractivity contribution >= 4 is 23.0 Å². The summed E-state index contributed by atoms with van der Waals surface area (Å²) in [4.78, 5) is 22.4. The molecule has 1 aromatic heterocycles. The van der Waals surface area contributed by atoms with E-state index in [1.54, 1.807) is 0 Å². The molecule has 5 heteroatoms.